The van der Waals surface area contributed by atoms with E-state index in [1.54, 1.807) is 67.5 Å². The van der Waals surface area contributed by atoms with E-state index in [-0.39, 0.29) is 24.0 Å². The predicted octanol–water partition coefficient (Wildman–Crippen LogP) is 4.84. The van der Waals surface area contributed by atoms with E-state index in [1.165, 1.54) is 18.0 Å². The third kappa shape index (κ3) is 5.24. The molecule has 0 aliphatic carbocycles. The summed E-state index contributed by atoms with van der Waals surface area (Å²) in [6.45, 7) is 6.99. The van der Waals surface area contributed by atoms with Crippen molar-refractivity contribution in [1.82, 2.24) is 19.8 Å². The predicted molar refractivity (Wildman–Crippen MR) is 142 cm³/mol. The summed E-state index contributed by atoms with van der Waals surface area (Å²) in [5, 5.41) is 3.69. The molecule has 4 rings (SSSR count). The molecule has 9 nitrogen and oxygen atoms in total. The summed E-state index contributed by atoms with van der Waals surface area (Å²) in [6.07, 6.45) is -0.769. The van der Waals surface area contributed by atoms with Crippen molar-refractivity contribution in [2.24, 2.45) is 4.99 Å². The van der Waals surface area contributed by atoms with Gasteiger partial charge in [-0.2, -0.15) is 0 Å². The van der Waals surface area contributed by atoms with Gasteiger partial charge in [0.15, 0.2) is 0 Å². The number of guanidine groups is 1. The number of hydrogen-bond acceptors (Lipinski definition) is 5. The molecule has 1 aromatic heterocycles. The third-order valence-corrected chi connectivity index (χ3v) is 6.23. The number of anilines is 1. The number of carbonyl (C=O) groups excluding carboxylic acids is 2. The Balaban J connectivity index is 1.82. The Kier molecular flexibility index (Phi) is 6.66. The lowest BCUT2D eigenvalue weighted by Crippen LogP contribution is -2.58. The molecule has 1 fully saturated rings. The second-order valence-electron chi connectivity index (χ2n) is 10.4. The first-order valence-corrected chi connectivity index (χ1v) is 12.1. The van der Waals surface area contributed by atoms with E-state index in [9.17, 15) is 9.59 Å². The van der Waals surface area contributed by atoms with Gasteiger partial charge in [-0.25, -0.2) is 14.2 Å². The monoisotopic (exact) mass is 528 g/mol. The van der Waals surface area contributed by atoms with E-state index in [4.69, 9.17) is 16.3 Å². The molecule has 0 spiro atoms. The minimum Gasteiger partial charge on any atom is -0.442 e. The van der Waals surface area contributed by atoms with Gasteiger partial charge < -0.3 is 15.0 Å². The highest BCUT2D eigenvalue weighted by Crippen LogP contribution is 2.34. The van der Waals surface area contributed by atoms with Crippen LogP contribution in [0.5, 0.6) is 0 Å². The summed E-state index contributed by atoms with van der Waals surface area (Å²) < 4.78 is 22.3. The lowest BCUT2D eigenvalue weighted by molar-refractivity contribution is -0.129. The Labute approximate surface area is 219 Å². The van der Waals surface area contributed by atoms with Crippen molar-refractivity contribution < 1.29 is 18.7 Å². The van der Waals surface area contributed by atoms with Gasteiger partial charge >= 0.3 is 6.09 Å². The second kappa shape index (κ2) is 9.33. The number of hydrogen-bond donors (Lipinski definition) is 1. The van der Waals surface area contributed by atoms with Crippen molar-refractivity contribution in [2.75, 3.05) is 26.0 Å². The summed E-state index contributed by atoms with van der Waals surface area (Å²) in [7, 11) is 5.16. The Hall–Kier alpha value is -3.66. The van der Waals surface area contributed by atoms with E-state index in [1.807, 2.05) is 14.1 Å². The van der Waals surface area contributed by atoms with Crippen molar-refractivity contribution in [3.8, 4) is 5.69 Å². The number of aromatic nitrogens is 2. The number of amides is 2. The van der Waals surface area contributed by atoms with Crippen molar-refractivity contribution in [1.29, 1.82) is 0 Å². The van der Waals surface area contributed by atoms with Crippen LogP contribution < -0.4 is 10.2 Å². The molecule has 3 aromatic rings. The van der Waals surface area contributed by atoms with Gasteiger partial charge in [0.05, 0.1) is 28.7 Å². The molecule has 2 amide bonds. The number of nitrogens with zero attached hydrogens (tertiary/aromatic N) is 5. The molecule has 37 heavy (non-hydrogen) atoms. The average molecular weight is 529 g/mol. The number of fused-ring (bicyclic) bond motifs is 1. The highest BCUT2D eigenvalue weighted by atomic mass is 35.5. The zero-order chi connectivity index (χ0) is 27.3. The van der Waals surface area contributed by atoms with E-state index in [0.717, 1.165) is 0 Å². The van der Waals surface area contributed by atoms with E-state index in [0.29, 0.717) is 27.6 Å². The molecule has 0 radical (unpaired) electrons. The summed E-state index contributed by atoms with van der Waals surface area (Å²) in [5.41, 5.74) is 0.426. The zero-order valence-electron chi connectivity index (χ0n) is 21.9. The Morgan fingerprint density at radius 1 is 1.24 bits per heavy atom. The van der Waals surface area contributed by atoms with Gasteiger partial charge in [-0.3, -0.25) is 14.3 Å². The number of nitrogens with one attached hydrogen (secondary N) is 1. The van der Waals surface area contributed by atoms with Crippen LogP contribution in [0, 0.1) is 5.82 Å². The van der Waals surface area contributed by atoms with Gasteiger partial charge in [0, 0.05) is 26.2 Å². The summed E-state index contributed by atoms with van der Waals surface area (Å²) >= 11 is 6.26. The second-order valence-corrected chi connectivity index (χ2v) is 10.9. The SMILES string of the molecule is CN1C(=O)C[C@@](C)(c2ccc(F)c(-n3c(N(C)C)nc4ccc(Cl)cc43)c2)N/C1=N/C(=O)OC(C)(C)C. The standard InChI is InChI=1S/C26H30ClFN6O3/c1-25(2,3)37-24(36)30-22-31-26(4,14-21(35)33(22)7)15-8-10-17(28)19(12-15)34-20-13-16(27)9-11-18(20)29-23(34)32(5)6/h8-13H,14H2,1-7H3,(H,30,31,36)/t26-/m0/s1. The van der Waals surface area contributed by atoms with Gasteiger partial charge in [-0.15, -0.1) is 4.99 Å². The van der Waals surface area contributed by atoms with Crippen molar-refractivity contribution in [3.63, 3.8) is 0 Å². The smallest absolute Gasteiger partial charge is 0.437 e. The molecular weight excluding hydrogens is 499 g/mol. The van der Waals surface area contributed by atoms with E-state index in [2.05, 4.69) is 15.3 Å². The Morgan fingerprint density at radius 2 is 1.95 bits per heavy atom. The molecule has 2 heterocycles. The number of rotatable bonds is 3. The fourth-order valence-electron chi connectivity index (χ4n) is 4.16. The average Bonchev–Trinajstić information content (AvgIpc) is 3.15. The van der Waals surface area contributed by atoms with Gasteiger partial charge in [-0.05, 0) is 63.6 Å². The zero-order valence-corrected chi connectivity index (χ0v) is 22.6. The molecule has 1 saturated heterocycles. The number of carbonyl (C=O) groups is 2. The Morgan fingerprint density at radius 3 is 2.59 bits per heavy atom. The van der Waals surface area contributed by atoms with Gasteiger partial charge in [0.1, 0.15) is 11.4 Å². The van der Waals surface area contributed by atoms with Gasteiger partial charge in [0.25, 0.3) is 0 Å². The molecule has 2 aromatic carbocycles. The fraction of sp³-hybridized carbons (Fsp3) is 0.385. The maximum Gasteiger partial charge on any atom is 0.437 e. The van der Waals surface area contributed by atoms with Crippen LogP contribution in [0.15, 0.2) is 41.4 Å². The highest BCUT2D eigenvalue weighted by molar-refractivity contribution is 6.31. The minimum atomic E-state index is -0.987. The first kappa shape index (κ1) is 26.4. The molecule has 196 valence electrons. The lowest BCUT2D eigenvalue weighted by Gasteiger charge is -2.40. The molecule has 1 atom stereocenters. The maximum absolute atomic E-state index is 15.4. The van der Waals surface area contributed by atoms with Crippen LogP contribution in [0.2, 0.25) is 5.02 Å². The van der Waals surface area contributed by atoms with E-state index >= 15 is 4.39 Å². The molecule has 11 heteroatoms. The quantitative estimate of drug-likeness (QED) is 0.523. The summed E-state index contributed by atoms with van der Waals surface area (Å²) in [5.74, 6) is -0.175. The van der Waals surface area contributed by atoms with Crippen LogP contribution in [-0.2, 0) is 15.1 Å². The van der Waals surface area contributed by atoms with Crippen LogP contribution >= 0.6 is 11.6 Å². The molecule has 1 N–H and O–H groups in total. The van der Waals surface area contributed by atoms with Crippen molar-refractivity contribution in [3.05, 3.63) is 52.8 Å². The van der Waals surface area contributed by atoms with Crippen LogP contribution in [0.1, 0.15) is 39.7 Å². The summed E-state index contributed by atoms with van der Waals surface area (Å²) in [6, 6.07) is 9.86. The Bertz CT molecular complexity index is 1430. The lowest BCUT2D eigenvalue weighted by atomic mass is 9.86. The molecule has 0 saturated carbocycles. The number of ether oxygens (including phenoxy) is 1. The van der Waals surface area contributed by atoms with Crippen LogP contribution in [0.4, 0.5) is 15.1 Å². The fourth-order valence-corrected chi connectivity index (χ4v) is 4.33. The topological polar surface area (TPSA) is 92.1 Å². The van der Waals surface area contributed by atoms with Gasteiger partial charge in [0.2, 0.25) is 17.8 Å². The number of imidazole rings is 1. The molecule has 0 unspecified atom stereocenters. The number of aliphatic imine (C=N–C) groups is 1. The van der Waals surface area contributed by atoms with Gasteiger partial charge in [-0.1, -0.05) is 17.7 Å². The van der Waals surface area contributed by atoms with Crippen LogP contribution in [-0.4, -0.2) is 59.2 Å². The molecular formula is C26H30ClFN6O3. The first-order valence-electron chi connectivity index (χ1n) is 11.7. The first-order chi connectivity index (χ1) is 17.2. The van der Waals surface area contributed by atoms with Crippen molar-refractivity contribution >= 4 is 46.5 Å². The molecule has 1 aliphatic heterocycles. The van der Waals surface area contributed by atoms with Crippen LogP contribution in [0.25, 0.3) is 16.7 Å². The maximum atomic E-state index is 15.4. The number of benzene rings is 2. The highest BCUT2D eigenvalue weighted by Gasteiger charge is 2.39. The van der Waals surface area contributed by atoms with E-state index < -0.39 is 23.1 Å². The molecule has 0 bridgehead atoms. The normalized spacial score (nSPS) is 19.3. The minimum absolute atomic E-state index is 0.0488. The largest absolute Gasteiger partial charge is 0.442 e. The summed E-state index contributed by atoms with van der Waals surface area (Å²) in [4.78, 5) is 37.0. The van der Waals surface area contributed by atoms with Crippen LogP contribution in [0.3, 0.4) is 0 Å². The van der Waals surface area contributed by atoms with Crippen molar-refractivity contribution in [2.45, 2.75) is 45.3 Å². The molecule has 1 aliphatic rings. The number of halogens is 2. The third-order valence-electron chi connectivity index (χ3n) is 6.00.